The second kappa shape index (κ2) is 6.92. The van der Waals surface area contributed by atoms with Crippen molar-refractivity contribution in [2.24, 2.45) is 0 Å². The van der Waals surface area contributed by atoms with Gasteiger partial charge in [0.25, 0.3) is 0 Å². The Morgan fingerprint density at radius 3 is 2.77 bits per heavy atom. The summed E-state index contributed by atoms with van der Waals surface area (Å²) in [5.41, 5.74) is 0.338. The van der Waals surface area contributed by atoms with Crippen LogP contribution in [0.1, 0.15) is 19.8 Å². The number of aliphatic hydroxyl groups excluding tert-OH is 1. The lowest BCUT2D eigenvalue weighted by atomic mass is 10.2. The van der Waals surface area contributed by atoms with Crippen molar-refractivity contribution in [3.05, 3.63) is 12.2 Å². The topological polar surface area (TPSA) is 46.5 Å². The van der Waals surface area contributed by atoms with Crippen molar-refractivity contribution in [3.63, 3.8) is 0 Å². The maximum atomic E-state index is 10.9. The molecule has 0 saturated carbocycles. The Labute approximate surface area is 83.3 Å². The number of rotatable bonds is 6. The van der Waals surface area contributed by atoms with Crippen molar-refractivity contribution in [1.82, 2.24) is 0 Å². The van der Waals surface area contributed by atoms with Crippen LogP contribution < -0.4 is 0 Å². The molecule has 0 radical (unpaired) electrons. The quantitative estimate of drug-likeness (QED) is 0.407. The lowest BCUT2D eigenvalue weighted by molar-refractivity contribution is -0.141. The van der Waals surface area contributed by atoms with E-state index < -0.39 is 12.1 Å². The van der Waals surface area contributed by atoms with E-state index in [-0.39, 0.29) is 6.61 Å². The van der Waals surface area contributed by atoms with E-state index >= 15 is 0 Å². The summed E-state index contributed by atoms with van der Waals surface area (Å²) in [4.78, 5) is 10.9. The van der Waals surface area contributed by atoms with E-state index in [4.69, 9.17) is 16.3 Å². The minimum atomic E-state index is -0.623. The molecule has 0 bridgehead atoms. The SMILES string of the molecule is C=C(C)C(=O)OCC(O)CCCCl. The Balaban J connectivity index is 3.51. The summed E-state index contributed by atoms with van der Waals surface area (Å²) in [6.07, 6.45) is 0.641. The van der Waals surface area contributed by atoms with Gasteiger partial charge in [-0.3, -0.25) is 0 Å². The van der Waals surface area contributed by atoms with E-state index in [0.717, 1.165) is 0 Å². The molecule has 0 aromatic carbocycles. The molecule has 1 N–H and O–H groups in total. The first-order valence-corrected chi connectivity index (χ1v) is 4.68. The predicted octanol–water partition coefficient (Wildman–Crippen LogP) is 1.49. The maximum Gasteiger partial charge on any atom is 0.333 e. The molecule has 0 aliphatic carbocycles. The molecule has 3 nitrogen and oxygen atoms in total. The first-order chi connectivity index (χ1) is 6.07. The summed E-state index contributed by atoms with van der Waals surface area (Å²) in [5.74, 6) is 0.0378. The Hall–Kier alpha value is -0.540. The third-order valence-electron chi connectivity index (χ3n) is 1.43. The van der Waals surface area contributed by atoms with Gasteiger partial charge in [-0.15, -0.1) is 11.6 Å². The summed E-state index contributed by atoms with van der Waals surface area (Å²) in [6, 6.07) is 0. The number of hydrogen-bond donors (Lipinski definition) is 1. The number of alkyl halides is 1. The van der Waals surface area contributed by atoms with Crippen LogP contribution >= 0.6 is 11.6 Å². The third-order valence-corrected chi connectivity index (χ3v) is 1.69. The molecule has 0 aromatic rings. The first kappa shape index (κ1) is 12.5. The summed E-state index contributed by atoms with van der Waals surface area (Å²) < 4.78 is 4.73. The van der Waals surface area contributed by atoms with Gasteiger partial charge >= 0.3 is 5.97 Å². The number of hydrogen-bond acceptors (Lipinski definition) is 3. The predicted molar refractivity (Wildman–Crippen MR) is 51.7 cm³/mol. The molecule has 0 aliphatic heterocycles. The van der Waals surface area contributed by atoms with Gasteiger partial charge in [-0.05, 0) is 19.8 Å². The van der Waals surface area contributed by atoms with Gasteiger partial charge in [0.15, 0.2) is 0 Å². The molecule has 0 spiro atoms. The van der Waals surface area contributed by atoms with Gasteiger partial charge in [-0.2, -0.15) is 0 Å². The van der Waals surface area contributed by atoms with E-state index in [0.29, 0.717) is 24.3 Å². The molecule has 0 saturated heterocycles. The van der Waals surface area contributed by atoms with Crippen LogP contribution in [0.4, 0.5) is 0 Å². The highest BCUT2D eigenvalue weighted by molar-refractivity contribution is 6.17. The van der Waals surface area contributed by atoms with Crippen LogP contribution in [0.15, 0.2) is 12.2 Å². The van der Waals surface area contributed by atoms with E-state index in [1.54, 1.807) is 6.92 Å². The zero-order valence-electron chi connectivity index (χ0n) is 7.75. The molecule has 0 fully saturated rings. The van der Waals surface area contributed by atoms with E-state index in [9.17, 15) is 9.90 Å². The number of carbonyl (C=O) groups excluding carboxylic acids is 1. The van der Waals surface area contributed by atoms with Gasteiger partial charge in [-0.25, -0.2) is 4.79 Å². The minimum Gasteiger partial charge on any atom is -0.460 e. The largest absolute Gasteiger partial charge is 0.460 e. The number of halogens is 1. The monoisotopic (exact) mass is 206 g/mol. The smallest absolute Gasteiger partial charge is 0.333 e. The third kappa shape index (κ3) is 6.61. The fourth-order valence-electron chi connectivity index (χ4n) is 0.691. The van der Waals surface area contributed by atoms with Crippen LogP contribution in [-0.2, 0) is 9.53 Å². The van der Waals surface area contributed by atoms with Gasteiger partial charge in [0.2, 0.25) is 0 Å². The minimum absolute atomic E-state index is 0.0165. The summed E-state index contributed by atoms with van der Waals surface area (Å²) in [5, 5.41) is 9.25. The molecule has 0 aliphatic rings. The van der Waals surface area contributed by atoms with Crippen LogP contribution in [0.5, 0.6) is 0 Å². The van der Waals surface area contributed by atoms with E-state index in [1.807, 2.05) is 0 Å². The molecule has 0 amide bonds. The highest BCUT2D eigenvalue weighted by atomic mass is 35.5. The average Bonchev–Trinajstić information content (AvgIpc) is 2.10. The molecular weight excluding hydrogens is 192 g/mol. The summed E-state index contributed by atoms with van der Waals surface area (Å²) in [6.45, 7) is 5.00. The molecule has 1 unspecified atom stereocenters. The summed E-state index contributed by atoms with van der Waals surface area (Å²) in [7, 11) is 0. The van der Waals surface area contributed by atoms with Gasteiger partial charge in [0.05, 0.1) is 6.10 Å². The van der Waals surface area contributed by atoms with E-state index in [2.05, 4.69) is 6.58 Å². The number of carbonyl (C=O) groups is 1. The van der Waals surface area contributed by atoms with Crippen molar-refractivity contribution in [2.45, 2.75) is 25.9 Å². The molecule has 13 heavy (non-hydrogen) atoms. The number of ether oxygens (including phenoxy) is 1. The Kier molecular flexibility index (Phi) is 6.63. The second-order valence-electron chi connectivity index (χ2n) is 2.86. The van der Waals surface area contributed by atoms with Crippen molar-refractivity contribution in [2.75, 3.05) is 12.5 Å². The fraction of sp³-hybridized carbons (Fsp3) is 0.667. The molecule has 0 aromatic heterocycles. The zero-order valence-corrected chi connectivity index (χ0v) is 8.51. The van der Waals surface area contributed by atoms with Crippen molar-refractivity contribution in [1.29, 1.82) is 0 Å². The van der Waals surface area contributed by atoms with Gasteiger partial charge in [-0.1, -0.05) is 6.58 Å². The van der Waals surface area contributed by atoms with Crippen LogP contribution in [0.25, 0.3) is 0 Å². The van der Waals surface area contributed by atoms with Gasteiger partial charge in [0.1, 0.15) is 6.61 Å². The Morgan fingerprint density at radius 2 is 2.31 bits per heavy atom. The maximum absolute atomic E-state index is 10.9. The highest BCUT2D eigenvalue weighted by Crippen LogP contribution is 2.01. The fourth-order valence-corrected chi connectivity index (χ4v) is 0.845. The number of esters is 1. The standard InChI is InChI=1S/C9H15ClO3/c1-7(2)9(12)13-6-8(11)4-3-5-10/h8,11H,1,3-6H2,2H3. The van der Waals surface area contributed by atoms with Crippen LogP contribution in [0.3, 0.4) is 0 Å². The lowest BCUT2D eigenvalue weighted by Gasteiger charge is -2.09. The zero-order chi connectivity index (χ0) is 10.3. The molecule has 0 rings (SSSR count). The highest BCUT2D eigenvalue weighted by Gasteiger charge is 2.08. The molecule has 76 valence electrons. The average molecular weight is 207 g/mol. The Morgan fingerprint density at radius 1 is 1.69 bits per heavy atom. The molecule has 4 heteroatoms. The van der Waals surface area contributed by atoms with Gasteiger partial charge < -0.3 is 9.84 Å². The van der Waals surface area contributed by atoms with Crippen molar-refractivity contribution in [3.8, 4) is 0 Å². The van der Waals surface area contributed by atoms with Crippen LogP contribution in [0.2, 0.25) is 0 Å². The lowest BCUT2D eigenvalue weighted by Crippen LogP contribution is -2.18. The number of aliphatic hydroxyl groups is 1. The van der Waals surface area contributed by atoms with E-state index in [1.165, 1.54) is 0 Å². The summed E-state index contributed by atoms with van der Waals surface area (Å²) >= 11 is 5.43. The Bertz CT molecular complexity index is 180. The van der Waals surface area contributed by atoms with Crippen LogP contribution in [0, 0.1) is 0 Å². The molecule has 0 heterocycles. The van der Waals surface area contributed by atoms with Crippen molar-refractivity contribution >= 4 is 17.6 Å². The van der Waals surface area contributed by atoms with Gasteiger partial charge in [0, 0.05) is 11.5 Å². The normalized spacial score (nSPS) is 12.2. The van der Waals surface area contributed by atoms with Crippen molar-refractivity contribution < 1.29 is 14.6 Å². The first-order valence-electron chi connectivity index (χ1n) is 4.14. The molecule has 1 atom stereocenters. The van der Waals surface area contributed by atoms with Crippen LogP contribution in [-0.4, -0.2) is 29.7 Å². The molecular formula is C9H15ClO3. The second-order valence-corrected chi connectivity index (χ2v) is 3.24.